The number of benzene rings is 1. The third-order valence-electron chi connectivity index (χ3n) is 3.84. The molecule has 2 rings (SSSR count). The molecule has 1 N–H and O–H groups in total. The maximum Gasteiger partial charge on any atom is 0.203 e. The van der Waals surface area contributed by atoms with Gasteiger partial charge in [-0.05, 0) is 19.9 Å². The summed E-state index contributed by atoms with van der Waals surface area (Å²) in [4.78, 5) is 2.36. The van der Waals surface area contributed by atoms with Crippen LogP contribution in [0, 0.1) is 0 Å². The summed E-state index contributed by atoms with van der Waals surface area (Å²) in [6.07, 6.45) is 2.40. The maximum atomic E-state index is 5.42. The highest BCUT2D eigenvalue weighted by atomic mass is 16.5. The number of nitrogens with zero attached hydrogens (tertiary/aromatic N) is 1. The van der Waals surface area contributed by atoms with Crippen molar-refractivity contribution in [3.63, 3.8) is 0 Å². The van der Waals surface area contributed by atoms with Crippen molar-refractivity contribution in [2.45, 2.75) is 18.9 Å². The van der Waals surface area contributed by atoms with Crippen LogP contribution in [0.5, 0.6) is 17.2 Å². The highest BCUT2D eigenvalue weighted by Gasteiger charge is 2.21. The van der Waals surface area contributed by atoms with E-state index in [1.807, 2.05) is 19.2 Å². The molecule has 0 spiro atoms. The van der Waals surface area contributed by atoms with Crippen molar-refractivity contribution in [2.75, 3.05) is 46.4 Å². The van der Waals surface area contributed by atoms with Gasteiger partial charge in [-0.15, -0.1) is 0 Å². The van der Waals surface area contributed by atoms with Crippen LogP contribution in [0.4, 0.5) is 5.69 Å². The summed E-state index contributed by atoms with van der Waals surface area (Å²) in [7, 11) is 6.93. The maximum absolute atomic E-state index is 5.42. The van der Waals surface area contributed by atoms with Crippen molar-refractivity contribution in [3.05, 3.63) is 12.1 Å². The van der Waals surface area contributed by atoms with Crippen LogP contribution in [0.25, 0.3) is 0 Å². The molecule has 1 aliphatic rings. The molecule has 1 fully saturated rings. The van der Waals surface area contributed by atoms with E-state index in [-0.39, 0.29) is 0 Å². The molecule has 0 amide bonds. The second-order valence-corrected chi connectivity index (χ2v) is 4.96. The topological polar surface area (TPSA) is 43.0 Å². The van der Waals surface area contributed by atoms with Gasteiger partial charge in [0.05, 0.1) is 21.3 Å². The molecule has 1 saturated heterocycles. The zero-order valence-electron chi connectivity index (χ0n) is 12.7. The first-order valence-corrected chi connectivity index (χ1v) is 6.95. The second-order valence-electron chi connectivity index (χ2n) is 4.96. The van der Waals surface area contributed by atoms with Gasteiger partial charge in [-0.1, -0.05) is 0 Å². The van der Waals surface area contributed by atoms with Gasteiger partial charge < -0.3 is 24.4 Å². The molecule has 1 aromatic carbocycles. The molecule has 20 heavy (non-hydrogen) atoms. The number of nitrogens with one attached hydrogen (secondary N) is 1. The number of ether oxygens (including phenoxy) is 3. The number of methoxy groups -OCH3 is 3. The first kappa shape index (κ1) is 14.8. The number of rotatable bonds is 5. The van der Waals surface area contributed by atoms with E-state index in [0.717, 1.165) is 18.8 Å². The second kappa shape index (κ2) is 6.70. The van der Waals surface area contributed by atoms with Crippen LogP contribution in [-0.2, 0) is 0 Å². The quantitative estimate of drug-likeness (QED) is 0.892. The van der Waals surface area contributed by atoms with Crippen molar-refractivity contribution < 1.29 is 14.2 Å². The van der Waals surface area contributed by atoms with Crippen molar-refractivity contribution in [1.29, 1.82) is 0 Å². The molecule has 0 radical (unpaired) electrons. The average Bonchev–Trinajstić information content (AvgIpc) is 2.53. The highest BCUT2D eigenvalue weighted by molar-refractivity contribution is 5.63. The van der Waals surface area contributed by atoms with Crippen molar-refractivity contribution in [3.8, 4) is 17.2 Å². The number of hydrogen-bond acceptors (Lipinski definition) is 5. The van der Waals surface area contributed by atoms with Gasteiger partial charge in [0, 0.05) is 37.0 Å². The fraction of sp³-hybridized carbons (Fsp3) is 0.600. The Balaban J connectivity index is 2.31. The van der Waals surface area contributed by atoms with Gasteiger partial charge in [-0.2, -0.15) is 0 Å². The molecular formula is C15H24N2O3. The Morgan fingerprint density at radius 2 is 1.75 bits per heavy atom. The minimum absolute atomic E-state index is 0.530. The molecule has 0 aliphatic carbocycles. The highest BCUT2D eigenvalue weighted by Crippen LogP contribution is 2.41. The predicted molar refractivity (Wildman–Crippen MR) is 80.4 cm³/mol. The number of anilines is 1. The normalized spacial score (nSPS) is 18.8. The number of likely N-dealkylation sites (N-methyl/N-ethyl adjacent to an activating group) is 1. The first-order chi connectivity index (χ1) is 9.73. The lowest BCUT2D eigenvalue weighted by Crippen LogP contribution is -2.44. The number of piperidine rings is 1. The van der Waals surface area contributed by atoms with Crippen LogP contribution in [0.15, 0.2) is 12.1 Å². The molecule has 112 valence electrons. The summed E-state index contributed by atoms with van der Waals surface area (Å²) < 4.78 is 16.2. The minimum Gasteiger partial charge on any atom is -0.493 e. The van der Waals surface area contributed by atoms with E-state index in [0.29, 0.717) is 23.3 Å². The summed E-state index contributed by atoms with van der Waals surface area (Å²) >= 11 is 0. The van der Waals surface area contributed by atoms with E-state index in [2.05, 4.69) is 10.2 Å². The van der Waals surface area contributed by atoms with Gasteiger partial charge in [-0.3, -0.25) is 0 Å². The molecule has 1 aliphatic heterocycles. The molecular weight excluding hydrogens is 256 g/mol. The predicted octanol–water partition coefficient (Wildman–Crippen LogP) is 1.90. The standard InChI is InChI=1S/C15H24N2O3/c1-16-11-6-5-7-17(10-11)12-8-13(18-2)15(20-4)14(9-12)19-3/h8-9,11,16H,5-7,10H2,1-4H3. The molecule has 0 bridgehead atoms. The molecule has 0 saturated carbocycles. The van der Waals surface area contributed by atoms with E-state index >= 15 is 0 Å². The van der Waals surface area contributed by atoms with Crippen LogP contribution in [0.2, 0.25) is 0 Å². The zero-order chi connectivity index (χ0) is 14.5. The van der Waals surface area contributed by atoms with E-state index in [9.17, 15) is 0 Å². The lowest BCUT2D eigenvalue weighted by molar-refractivity contribution is 0.324. The Kier molecular flexibility index (Phi) is 4.95. The molecule has 1 unspecified atom stereocenters. The van der Waals surface area contributed by atoms with E-state index in [4.69, 9.17) is 14.2 Å². The molecule has 1 atom stereocenters. The largest absolute Gasteiger partial charge is 0.493 e. The van der Waals surface area contributed by atoms with Gasteiger partial charge in [-0.25, -0.2) is 0 Å². The van der Waals surface area contributed by atoms with Crippen LogP contribution in [-0.4, -0.2) is 47.5 Å². The minimum atomic E-state index is 0.530. The summed E-state index contributed by atoms with van der Waals surface area (Å²) in [6.45, 7) is 2.05. The molecule has 1 aromatic rings. The van der Waals surface area contributed by atoms with Crippen LogP contribution in [0.3, 0.4) is 0 Å². The van der Waals surface area contributed by atoms with Crippen LogP contribution in [0.1, 0.15) is 12.8 Å². The zero-order valence-corrected chi connectivity index (χ0v) is 12.7. The van der Waals surface area contributed by atoms with Crippen molar-refractivity contribution in [1.82, 2.24) is 5.32 Å². The van der Waals surface area contributed by atoms with E-state index in [1.165, 1.54) is 12.8 Å². The van der Waals surface area contributed by atoms with Crippen molar-refractivity contribution in [2.24, 2.45) is 0 Å². The number of hydrogen-bond donors (Lipinski definition) is 1. The van der Waals surface area contributed by atoms with E-state index < -0.39 is 0 Å². The summed E-state index contributed by atoms with van der Waals surface area (Å²) in [5.41, 5.74) is 1.11. The van der Waals surface area contributed by atoms with Gasteiger partial charge in [0.25, 0.3) is 0 Å². The fourth-order valence-corrected chi connectivity index (χ4v) is 2.70. The average molecular weight is 280 g/mol. The first-order valence-electron chi connectivity index (χ1n) is 6.95. The van der Waals surface area contributed by atoms with Gasteiger partial charge in [0.1, 0.15) is 0 Å². The van der Waals surface area contributed by atoms with Crippen LogP contribution < -0.4 is 24.4 Å². The van der Waals surface area contributed by atoms with Gasteiger partial charge in [0.2, 0.25) is 5.75 Å². The van der Waals surface area contributed by atoms with E-state index in [1.54, 1.807) is 21.3 Å². The van der Waals surface area contributed by atoms with Crippen LogP contribution >= 0.6 is 0 Å². The van der Waals surface area contributed by atoms with Crippen molar-refractivity contribution >= 4 is 5.69 Å². The third kappa shape index (κ3) is 2.93. The lowest BCUT2D eigenvalue weighted by Gasteiger charge is -2.34. The molecule has 1 heterocycles. The Morgan fingerprint density at radius 1 is 1.10 bits per heavy atom. The summed E-state index contributed by atoms with van der Waals surface area (Å²) in [5.74, 6) is 2.04. The van der Waals surface area contributed by atoms with Gasteiger partial charge >= 0.3 is 0 Å². The SMILES string of the molecule is CNC1CCCN(c2cc(OC)c(OC)c(OC)c2)C1. The summed E-state index contributed by atoms with van der Waals surface area (Å²) in [5, 5.41) is 3.35. The van der Waals surface area contributed by atoms with Gasteiger partial charge in [0.15, 0.2) is 11.5 Å². The molecule has 5 heteroatoms. The smallest absolute Gasteiger partial charge is 0.203 e. The lowest BCUT2D eigenvalue weighted by atomic mass is 10.0. The summed E-state index contributed by atoms with van der Waals surface area (Å²) in [6, 6.07) is 4.56. The fourth-order valence-electron chi connectivity index (χ4n) is 2.70. The Morgan fingerprint density at radius 3 is 2.25 bits per heavy atom. The Bertz CT molecular complexity index is 426. The monoisotopic (exact) mass is 280 g/mol. The Hall–Kier alpha value is -1.62. The third-order valence-corrected chi connectivity index (χ3v) is 3.84. The molecule has 5 nitrogen and oxygen atoms in total. The molecule has 0 aromatic heterocycles. The Labute approximate surface area is 120 Å².